The van der Waals surface area contributed by atoms with E-state index < -0.39 is 18.3 Å². The number of hydrogen-bond acceptors (Lipinski definition) is 6. The van der Waals surface area contributed by atoms with Crippen molar-refractivity contribution in [2.75, 3.05) is 0 Å². The van der Waals surface area contributed by atoms with Crippen LogP contribution in [-0.4, -0.2) is 33.3 Å². The van der Waals surface area contributed by atoms with Gasteiger partial charge in [0.25, 0.3) is 0 Å². The SMILES string of the molecule is CC1(C)OB(c2ccc(-c3ccc(-c4nc(-c5ccccc5)nc(-c5ccccc5)n4)cc3)c3sc4ccccc4c23)OC1(C)C. The zero-order valence-corrected chi connectivity index (χ0v) is 27.0. The van der Waals surface area contributed by atoms with Crippen LogP contribution in [0.3, 0.4) is 0 Å². The van der Waals surface area contributed by atoms with Crippen molar-refractivity contribution in [3.8, 4) is 45.3 Å². The minimum Gasteiger partial charge on any atom is -0.399 e. The van der Waals surface area contributed by atoms with E-state index in [0.717, 1.165) is 27.7 Å². The van der Waals surface area contributed by atoms with Crippen molar-refractivity contribution in [2.45, 2.75) is 38.9 Å². The van der Waals surface area contributed by atoms with E-state index in [0.29, 0.717) is 17.5 Å². The lowest BCUT2D eigenvalue weighted by atomic mass is 9.75. The van der Waals surface area contributed by atoms with Crippen molar-refractivity contribution in [1.29, 1.82) is 0 Å². The Labute approximate surface area is 273 Å². The Balaban J connectivity index is 1.22. The molecule has 5 aromatic carbocycles. The van der Waals surface area contributed by atoms with E-state index >= 15 is 0 Å². The highest BCUT2D eigenvalue weighted by atomic mass is 32.1. The average molecular weight is 618 g/mol. The zero-order chi connectivity index (χ0) is 31.5. The summed E-state index contributed by atoms with van der Waals surface area (Å²) in [5.41, 5.74) is 5.37. The zero-order valence-electron chi connectivity index (χ0n) is 26.2. The topological polar surface area (TPSA) is 57.1 Å². The number of benzene rings is 5. The van der Waals surface area contributed by atoms with Crippen LogP contribution in [0.2, 0.25) is 0 Å². The van der Waals surface area contributed by atoms with E-state index in [2.05, 4.69) is 88.4 Å². The van der Waals surface area contributed by atoms with Crippen LogP contribution in [0.15, 0.2) is 121 Å². The summed E-state index contributed by atoms with van der Waals surface area (Å²) in [6.45, 7) is 8.40. The lowest BCUT2D eigenvalue weighted by Crippen LogP contribution is -2.41. The smallest absolute Gasteiger partial charge is 0.399 e. The Hall–Kier alpha value is -4.69. The Bertz CT molecular complexity index is 2140. The van der Waals surface area contributed by atoms with E-state index in [1.807, 2.05) is 72.0 Å². The monoisotopic (exact) mass is 617 g/mol. The third kappa shape index (κ3) is 4.92. The molecule has 2 aromatic heterocycles. The molecule has 0 N–H and O–H groups in total. The first-order valence-corrected chi connectivity index (χ1v) is 16.4. The molecule has 5 nitrogen and oxygen atoms in total. The van der Waals surface area contributed by atoms with Gasteiger partial charge in [-0.1, -0.05) is 115 Å². The molecule has 0 bridgehead atoms. The Morgan fingerprint density at radius 3 is 1.57 bits per heavy atom. The minimum atomic E-state index is -0.441. The third-order valence-electron chi connectivity index (χ3n) is 9.22. The fourth-order valence-electron chi connectivity index (χ4n) is 5.98. The molecule has 0 spiro atoms. The summed E-state index contributed by atoms with van der Waals surface area (Å²) >= 11 is 1.81. The Morgan fingerprint density at radius 1 is 0.522 bits per heavy atom. The third-order valence-corrected chi connectivity index (χ3v) is 10.4. The van der Waals surface area contributed by atoms with E-state index in [1.54, 1.807) is 0 Å². The van der Waals surface area contributed by atoms with Crippen molar-refractivity contribution in [3.63, 3.8) is 0 Å². The van der Waals surface area contributed by atoms with Crippen LogP contribution in [0.1, 0.15) is 27.7 Å². The lowest BCUT2D eigenvalue weighted by molar-refractivity contribution is 0.00578. The Kier molecular flexibility index (Phi) is 6.87. The molecular formula is C39H32BN3O2S. The molecule has 0 amide bonds. The number of thiophene rings is 1. The molecule has 1 saturated heterocycles. The molecule has 0 atom stereocenters. The summed E-state index contributed by atoms with van der Waals surface area (Å²) in [5, 5.41) is 2.41. The summed E-state index contributed by atoms with van der Waals surface area (Å²) in [5.74, 6) is 1.94. The number of rotatable bonds is 5. The lowest BCUT2D eigenvalue weighted by Gasteiger charge is -2.32. The van der Waals surface area contributed by atoms with Crippen molar-refractivity contribution in [1.82, 2.24) is 15.0 Å². The maximum Gasteiger partial charge on any atom is 0.495 e. The number of fused-ring (bicyclic) bond motifs is 3. The van der Waals surface area contributed by atoms with Gasteiger partial charge in [0.15, 0.2) is 17.5 Å². The van der Waals surface area contributed by atoms with Gasteiger partial charge in [-0.25, -0.2) is 15.0 Å². The van der Waals surface area contributed by atoms with Gasteiger partial charge in [0.05, 0.1) is 11.2 Å². The molecule has 7 heteroatoms. The first kappa shape index (κ1) is 28.8. The predicted molar refractivity (Wildman–Crippen MR) is 190 cm³/mol. The van der Waals surface area contributed by atoms with Gasteiger partial charge in [-0.2, -0.15) is 0 Å². The van der Waals surface area contributed by atoms with Gasteiger partial charge < -0.3 is 9.31 Å². The van der Waals surface area contributed by atoms with Crippen molar-refractivity contribution >= 4 is 44.1 Å². The number of nitrogens with zero attached hydrogens (tertiary/aromatic N) is 3. The van der Waals surface area contributed by atoms with Gasteiger partial charge in [0.1, 0.15) is 0 Å². The largest absolute Gasteiger partial charge is 0.495 e. The summed E-state index contributed by atoms with van der Waals surface area (Å²) in [6, 6.07) is 41.6. The molecule has 8 rings (SSSR count). The van der Waals surface area contributed by atoms with E-state index in [4.69, 9.17) is 24.3 Å². The highest BCUT2D eigenvalue weighted by Gasteiger charge is 2.52. The quantitative estimate of drug-likeness (QED) is 0.180. The minimum absolute atomic E-state index is 0.417. The molecule has 0 unspecified atom stereocenters. The molecule has 46 heavy (non-hydrogen) atoms. The molecule has 0 aliphatic carbocycles. The molecule has 3 heterocycles. The van der Waals surface area contributed by atoms with Gasteiger partial charge in [0.2, 0.25) is 0 Å². The maximum absolute atomic E-state index is 6.53. The summed E-state index contributed by atoms with van der Waals surface area (Å²) in [4.78, 5) is 14.7. The van der Waals surface area contributed by atoms with Crippen molar-refractivity contribution in [2.24, 2.45) is 0 Å². The Morgan fingerprint density at radius 2 is 1.00 bits per heavy atom. The molecular weight excluding hydrogens is 585 g/mol. The van der Waals surface area contributed by atoms with Crippen molar-refractivity contribution < 1.29 is 9.31 Å². The van der Waals surface area contributed by atoms with Crippen LogP contribution < -0.4 is 5.46 Å². The van der Waals surface area contributed by atoms with E-state index in [9.17, 15) is 0 Å². The molecule has 7 aromatic rings. The van der Waals surface area contributed by atoms with Crippen LogP contribution in [-0.2, 0) is 9.31 Å². The van der Waals surface area contributed by atoms with Gasteiger partial charge in [0, 0.05) is 31.5 Å². The predicted octanol–water partition coefficient (Wildman–Crippen LogP) is 9.21. The molecule has 224 valence electrons. The average Bonchev–Trinajstić information content (AvgIpc) is 3.58. The van der Waals surface area contributed by atoms with Gasteiger partial charge >= 0.3 is 7.12 Å². The molecule has 1 aliphatic rings. The normalized spacial score (nSPS) is 15.5. The second-order valence-electron chi connectivity index (χ2n) is 12.7. The molecule has 1 fully saturated rings. The fourth-order valence-corrected chi connectivity index (χ4v) is 7.26. The van der Waals surface area contributed by atoms with E-state index in [-0.39, 0.29) is 0 Å². The van der Waals surface area contributed by atoms with Crippen LogP contribution in [0.25, 0.3) is 65.5 Å². The highest BCUT2D eigenvalue weighted by Crippen LogP contribution is 2.42. The van der Waals surface area contributed by atoms with Gasteiger partial charge in [-0.3, -0.25) is 0 Å². The second kappa shape index (κ2) is 11.0. The number of aromatic nitrogens is 3. The first-order valence-electron chi connectivity index (χ1n) is 15.5. The fraction of sp³-hybridized carbons (Fsp3) is 0.154. The van der Waals surface area contributed by atoms with Crippen LogP contribution in [0, 0.1) is 0 Å². The van der Waals surface area contributed by atoms with Crippen molar-refractivity contribution in [3.05, 3.63) is 121 Å². The number of hydrogen-bond donors (Lipinski definition) is 0. The second-order valence-corrected chi connectivity index (χ2v) is 13.8. The first-order chi connectivity index (χ1) is 22.3. The summed E-state index contributed by atoms with van der Waals surface area (Å²) < 4.78 is 15.5. The molecule has 0 saturated carbocycles. The highest BCUT2D eigenvalue weighted by molar-refractivity contribution is 7.26. The molecule has 1 aliphatic heterocycles. The molecule has 0 radical (unpaired) electrons. The van der Waals surface area contributed by atoms with Gasteiger partial charge in [-0.15, -0.1) is 11.3 Å². The van der Waals surface area contributed by atoms with E-state index in [1.165, 1.54) is 25.7 Å². The van der Waals surface area contributed by atoms with Gasteiger partial charge in [-0.05, 0) is 55.7 Å². The summed E-state index contributed by atoms with van der Waals surface area (Å²) in [7, 11) is -0.441. The van der Waals surface area contributed by atoms with Crippen LogP contribution in [0.4, 0.5) is 0 Å². The van der Waals surface area contributed by atoms with Crippen LogP contribution >= 0.6 is 11.3 Å². The standard InChI is InChI=1S/C39H32BN3O2S/c1-38(2)39(3,4)45-40(44-38)31-24-23-29(34-33(31)30-17-11-12-18-32(30)46-34)25-19-21-28(22-20-25)37-42-35(26-13-7-5-8-14-26)41-36(43-37)27-15-9-6-10-16-27/h5-24H,1-4H3. The maximum atomic E-state index is 6.53. The summed E-state index contributed by atoms with van der Waals surface area (Å²) in [6.07, 6.45) is 0. The van der Waals surface area contributed by atoms with Crippen LogP contribution in [0.5, 0.6) is 0 Å².